The zero-order chi connectivity index (χ0) is 13.7. The molecule has 0 bridgehead atoms. The Hall–Kier alpha value is -1.85. The van der Waals surface area contributed by atoms with Crippen LogP contribution >= 0.6 is 0 Å². The Morgan fingerprint density at radius 2 is 2.26 bits per heavy atom. The van der Waals surface area contributed by atoms with E-state index < -0.39 is 0 Å². The molecule has 1 N–H and O–H groups in total. The molecule has 2 amide bonds. The molecular formula is C13H20N4O2. The van der Waals surface area contributed by atoms with Crippen molar-refractivity contribution in [2.45, 2.75) is 38.8 Å². The number of aryl methyl sites for hydroxylation is 1. The number of nitrogens with zero attached hydrogens (tertiary/aromatic N) is 3. The standard InChI is InChI=1S/C13H20N4O2/c1-2-4-11-13(19)15-9-12(18)17(11)7-3-6-16-8-5-14-10-16/h5,8,10-11H,2-4,6-7,9H2,1H3,(H,15,19). The maximum absolute atomic E-state index is 11.9. The minimum Gasteiger partial charge on any atom is -0.345 e. The van der Waals surface area contributed by atoms with E-state index in [1.165, 1.54) is 0 Å². The van der Waals surface area contributed by atoms with Gasteiger partial charge in [0.2, 0.25) is 11.8 Å². The Bertz CT molecular complexity index is 430. The van der Waals surface area contributed by atoms with Gasteiger partial charge in [0.05, 0.1) is 12.9 Å². The second kappa shape index (κ2) is 6.36. The summed E-state index contributed by atoms with van der Waals surface area (Å²) < 4.78 is 1.98. The van der Waals surface area contributed by atoms with Crippen molar-refractivity contribution in [3.05, 3.63) is 18.7 Å². The van der Waals surface area contributed by atoms with Gasteiger partial charge in [0.15, 0.2) is 0 Å². The molecule has 0 aliphatic carbocycles. The van der Waals surface area contributed by atoms with E-state index in [1.54, 1.807) is 17.4 Å². The SMILES string of the molecule is CCCC1C(=O)NCC(=O)N1CCCn1ccnc1. The van der Waals surface area contributed by atoms with E-state index in [9.17, 15) is 9.59 Å². The molecule has 1 atom stereocenters. The van der Waals surface area contributed by atoms with E-state index in [-0.39, 0.29) is 24.4 Å². The zero-order valence-corrected chi connectivity index (χ0v) is 11.2. The molecule has 1 aliphatic rings. The van der Waals surface area contributed by atoms with Gasteiger partial charge in [0, 0.05) is 25.5 Å². The third-order valence-corrected chi connectivity index (χ3v) is 3.35. The average molecular weight is 264 g/mol. The van der Waals surface area contributed by atoms with Crippen LogP contribution in [0.4, 0.5) is 0 Å². The summed E-state index contributed by atoms with van der Waals surface area (Å²) in [5.41, 5.74) is 0. The summed E-state index contributed by atoms with van der Waals surface area (Å²) in [6, 6.07) is -0.297. The Balaban J connectivity index is 1.90. The van der Waals surface area contributed by atoms with Crippen LogP contribution in [-0.4, -0.2) is 45.4 Å². The molecule has 104 valence electrons. The number of imidazole rings is 1. The van der Waals surface area contributed by atoms with Crippen LogP contribution in [0.3, 0.4) is 0 Å². The van der Waals surface area contributed by atoms with Crippen molar-refractivity contribution in [3.8, 4) is 0 Å². The first-order valence-electron chi connectivity index (χ1n) is 6.75. The van der Waals surface area contributed by atoms with E-state index in [0.717, 1.165) is 25.8 Å². The second-order valence-electron chi connectivity index (χ2n) is 4.76. The summed E-state index contributed by atoms with van der Waals surface area (Å²) in [7, 11) is 0. The monoisotopic (exact) mass is 264 g/mol. The van der Waals surface area contributed by atoms with E-state index in [0.29, 0.717) is 6.54 Å². The van der Waals surface area contributed by atoms with Crippen LogP contribution in [0.5, 0.6) is 0 Å². The highest BCUT2D eigenvalue weighted by Crippen LogP contribution is 2.12. The van der Waals surface area contributed by atoms with Crippen LogP contribution in [0.2, 0.25) is 0 Å². The maximum atomic E-state index is 11.9. The minimum atomic E-state index is -0.297. The summed E-state index contributed by atoms with van der Waals surface area (Å²) in [6.45, 7) is 3.58. The lowest BCUT2D eigenvalue weighted by Crippen LogP contribution is -2.58. The molecule has 0 radical (unpaired) electrons. The van der Waals surface area contributed by atoms with E-state index in [2.05, 4.69) is 10.3 Å². The van der Waals surface area contributed by atoms with Crippen LogP contribution in [0.1, 0.15) is 26.2 Å². The smallest absolute Gasteiger partial charge is 0.243 e. The Morgan fingerprint density at radius 3 is 2.95 bits per heavy atom. The third kappa shape index (κ3) is 3.33. The van der Waals surface area contributed by atoms with E-state index >= 15 is 0 Å². The van der Waals surface area contributed by atoms with Gasteiger partial charge in [-0.3, -0.25) is 9.59 Å². The first kappa shape index (κ1) is 13.6. The van der Waals surface area contributed by atoms with Gasteiger partial charge in [-0.2, -0.15) is 0 Å². The first-order valence-corrected chi connectivity index (χ1v) is 6.75. The van der Waals surface area contributed by atoms with Gasteiger partial charge in [-0.25, -0.2) is 4.98 Å². The molecule has 19 heavy (non-hydrogen) atoms. The van der Waals surface area contributed by atoms with Gasteiger partial charge in [0.25, 0.3) is 0 Å². The third-order valence-electron chi connectivity index (χ3n) is 3.35. The largest absolute Gasteiger partial charge is 0.345 e. The normalized spacial score (nSPS) is 19.6. The lowest BCUT2D eigenvalue weighted by Gasteiger charge is -2.34. The molecule has 2 rings (SSSR count). The van der Waals surface area contributed by atoms with E-state index in [1.807, 2.05) is 17.7 Å². The summed E-state index contributed by atoms with van der Waals surface area (Å²) in [5.74, 6) is -0.00670. The number of hydrogen-bond acceptors (Lipinski definition) is 3. The van der Waals surface area contributed by atoms with Gasteiger partial charge in [-0.05, 0) is 12.8 Å². The summed E-state index contributed by atoms with van der Waals surface area (Å²) in [4.78, 5) is 29.4. The summed E-state index contributed by atoms with van der Waals surface area (Å²) in [6.07, 6.45) is 7.84. The van der Waals surface area contributed by atoms with Crippen LogP contribution in [0.25, 0.3) is 0 Å². The zero-order valence-electron chi connectivity index (χ0n) is 11.2. The van der Waals surface area contributed by atoms with Crippen LogP contribution < -0.4 is 5.32 Å². The fourth-order valence-electron chi connectivity index (χ4n) is 2.38. The van der Waals surface area contributed by atoms with Crippen molar-refractivity contribution < 1.29 is 9.59 Å². The van der Waals surface area contributed by atoms with Gasteiger partial charge in [-0.15, -0.1) is 0 Å². The lowest BCUT2D eigenvalue weighted by atomic mass is 10.1. The van der Waals surface area contributed by atoms with Crippen molar-refractivity contribution in [1.82, 2.24) is 19.8 Å². The number of piperazine rings is 1. The molecule has 0 aromatic carbocycles. The molecule has 6 heteroatoms. The predicted molar refractivity (Wildman–Crippen MR) is 70.3 cm³/mol. The number of hydrogen-bond donors (Lipinski definition) is 1. The molecule has 1 aromatic heterocycles. The van der Waals surface area contributed by atoms with E-state index in [4.69, 9.17) is 0 Å². The number of amides is 2. The molecule has 1 saturated heterocycles. The van der Waals surface area contributed by atoms with Crippen LogP contribution in [0.15, 0.2) is 18.7 Å². The molecule has 1 unspecified atom stereocenters. The molecule has 1 aliphatic heterocycles. The van der Waals surface area contributed by atoms with Crippen molar-refractivity contribution in [1.29, 1.82) is 0 Å². The predicted octanol–water partition coefficient (Wildman–Crippen LogP) is 0.400. The highest BCUT2D eigenvalue weighted by atomic mass is 16.2. The maximum Gasteiger partial charge on any atom is 0.243 e. The quantitative estimate of drug-likeness (QED) is 0.808. The molecule has 1 fully saturated rings. The van der Waals surface area contributed by atoms with Gasteiger partial charge >= 0.3 is 0 Å². The van der Waals surface area contributed by atoms with Gasteiger partial charge in [-0.1, -0.05) is 13.3 Å². The first-order chi connectivity index (χ1) is 9.22. The second-order valence-corrected chi connectivity index (χ2v) is 4.76. The van der Waals surface area contributed by atoms with Crippen molar-refractivity contribution in [2.75, 3.05) is 13.1 Å². The van der Waals surface area contributed by atoms with Crippen molar-refractivity contribution >= 4 is 11.8 Å². The number of rotatable bonds is 6. The fraction of sp³-hybridized carbons (Fsp3) is 0.615. The minimum absolute atomic E-state index is 0.0173. The van der Waals surface area contributed by atoms with Crippen molar-refractivity contribution in [3.63, 3.8) is 0 Å². The van der Waals surface area contributed by atoms with Gasteiger partial charge in [0.1, 0.15) is 6.04 Å². The Morgan fingerprint density at radius 1 is 1.42 bits per heavy atom. The molecule has 0 spiro atoms. The number of nitrogens with one attached hydrogen (secondary N) is 1. The Labute approximate surface area is 112 Å². The molecule has 2 heterocycles. The lowest BCUT2D eigenvalue weighted by molar-refractivity contribution is -0.145. The number of aromatic nitrogens is 2. The number of carbonyl (C=O) groups excluding carboxylic acids is 2. The highest BCUT2D eigenvalue weighted by molar-refractivity contribution is 5.94. The van der Waals surface area contributed by atoms with Crippen LogP contribution in [0, 0.1) is 0 Å². The van der Waals surface area contributed by atoms with Crippen LogP contribution in [-0.2, 0) is 16.1 Å². The molecule has 6 nitrogen and oxygen atoms in total. The number of carbonyl (C=O) groups is 2. The topological polar surface area (TPSA) is 67.2 Å². The summed E-state index contributed by atoms with van der Waals surface area (Å²) >= 11 is 0. The highest BCUT2D eigenvalue weighted by Gasteiger charge is 2.32. The van der Waals surface area contributed by atoms with Gasteiger partial charge < -0.3 is 14.8 Å². The molecular weight excluding hydrogens is 244 g/mol. The Kier molecular flexibility index (Phi) is 4.54. The average Bonchev–Trinajstić information content (AvgIpc) is 2.90. The van der Waals surface area contributed by atoms with Crippen molar-refractivity contribution in [2.24, 2.45) is 0 Å². The summed E-state index contributed by atoms with van der Waals surface area (Å²) in [5, 5.41) is 2.66. The molecule has 1 aromatic rings. The fourth-order valence-corrected chi connectivity index (χ4v) is 2.38. The molecule has 0 saturated carbocycles.